The highest BCUT2D eigenvalue weighted by atomic mass is 19.1. The Hall–Kier alpha value is -3.70. The van der Waals surface area contributed by atoms with Crippen molar-refractivity contribution in [1.82, 2.24) is 9.38 Å². The topological polar surface area (TPSA) is 96.9 Å². The summed E-state index contributed by atoms with van der Waals surface area (Å²) in [5.41, 5.74) is 2.30. The van der Waals surface area contributed by atoms with Crippen LogP contribution in [0.3, 0.4) is 0 Å². The van der Waals surface area contributed by atoms with Crippen LogP contribution in [-0.2, 0) is 5.41 Å². The Balaban J connectivity index is 1.69. The van der Waals surface area contributed by atoms with Crippen LogP contribution in [0.2, 0.25) is 0 Å². The maximum atomic E-state index is 14.3. The van der Waals surface area contributed by atoms with Gasteiger partial charge < -0.3 is 14.6 Å². The van der Waals surface area contributed by atoms with Crippen molar-refractivity contribution < 1.29 is 23.8 Å². The van der Waals surface area contributed by atoms with E-state index in [1.165, 1.54) is 7.11 Å². The van der Waals surface area contributed by atoms with Gasteiger partial charge in [0.15, 0.2) is 5.78 Å². The van der Waals surface area contributed by atoms with Crippen molar-refractivity contribution in [3.05, 3.63) is 60.4 Å². The number of aromatic nitrogens is 2. The average Bonchev–Trinajstić information content (AvgIpc) is 3.68. The zero-order valence-electron chi connectivity index (χ0n) is 22.1. The molecule has 2 aromatic heterocycles. The summed E-state index contributed by atoms with van der Waals surface area (Å²) in [5.74, 6) is 0.892. The number of carbonyl (C=O) groups excluding carboxylic acids is 1. The third kappa shape index (κ3) is 5.73. The van der Waals surface area contributed by atoms with Gasteiger partial charge in [0.2, 0.25) is 0 Å². The molecule has 1 aromatic carbocycles. The molecule has 200 valence electrons. The van der Waals surface area contributed by atoms with E-state index in [1.807, 2.05) is 36.6 Å². The van der Waals surface area contributed by atoms with Crippen molar-refractivity contribution in [3.63, 3.8) is 0 Å². The van der Waals surface area contributed by atoms with E-state index < -0.39 is 11.8 Å². The van der Waals surface area contributed by atoms with Crippen molar-refractivity contribution in [2.75, 3.05) is 13.7 Å². The number of ketones is 1. The number of halogens is 1. The molecule has 1 saturated carbocycles. The van der Waals surface area contributed by atoms with Crippen LogP contribution >= 0.6 is 0 Å². The van der Waals surface area contributed by atoms with Gasteiger partial charge in [0.05, 0.1) is 30.5 Å². The van der Waals surface area contributed by atoms with Gasteiger partial charge in [-0.15, -0.1) is 0 Å². The maximum Gasteiger partial charge on any atom is 0.257 e. The van der Waals surface area contributed by atoms with Gasteiger partial charge in [0.1, 0.15) is 22.7 Å². The van der Waals surface area contributed by atoms with E-state index in [-0.39, 0.29) is 41.8 Å². The summed E-state index contributed by atoms with van der Waals surface area (Å²) in [6.45, 7) is 7.26. The molecule has 2 atom stereocenters. The van der Waals surface area contributed by atoms with Crippen LogP contribution in [-0.4, -0.2) is 40.3 Å². The molecule has 8 heteroatoms. The Labute approximate surface area is 222 Å². The van der Waals surface area contributed by atoms with Gasteiger partial charge in [-0.05, 0) is 87.3 Å². The molecule has 4 rings (SSSR count). The lowest BCUT2D eigenvalue weighted by Gasteiger charge is -2.18. The summed E-state index contributed by atoms with van der Waals surface area (Å²) >= 11 is 0. The molecule has 3 aromatic rings. The Morgan fingerprint density at radius 2 is 2.11 bits per heavy atom. The number of imidazole rings is 1. The normalized spacial score (nSPS) is 15.1. The summed E-state index contributed by atoms with van der Waals surface area (Å²) in [6.07, 6.45) is 6.57. The number of Topliss-reactive ketones (excluding diaryl/α,β-unsaturated/α-hetero) is 1. The fourth-order valence-electron chi connectivity index (χ4n) is 4.78. The summed E-state index contributed by atoms with van der Waals surface area (Å²) in [6, 6.07) is 9.36. The number of rotatable bonds is 13. The number of carbonyl (C=O) groups is 1. The molecule has 0 radical (unpaired) electrons. The molecular weight excluding hydrogens is 485 g/mol. The SMILES string of the molecule is C=CC(F)Oc1cc(-c2cnc3cc(C(C)(C)C#N)ccn23)cc(OC)c1C(=O)CCCC(CO)C1CC1. The van der Waals surface area contributed by atoms with Crippen molar-refractivity contribution in [1.29, 1.82) is 5.26 Å². The zero-order chi connectivity index (χ0) is 27.4. The highest BCUT2D eigenvalue weighted by molar-refractivity contribution is 6.02. The minimum absolute atomic E-state index is 0.0647. The van der Waals surface area contributed by atoms with Crippen LogP contribution in [0.5, 0.6) is 11.5 Å². The van der Waals surface area contributed by atoms with Crippen molar-refractivity contribution >= 4 is 11.4 Å². The van der Waals surface area contributed by atoms with E-state index >= 15 is 0 Å². The molecule has 0 saturated heterocycles. The third-order valence-corrected chi connectivity index (χ3v) is 7.30. The van der Waals surface area contributed by atoms with Gasteiger partial charge in [-0.1, -0.05) is 6.58 Å². The van der Waals surface area contributed by atoms with Crippen LogP contribution in [0, 0.1) is 23.2 Å². The number of hydrogen-bond donors (Lipinski definition) is 1. The number of aliphatic hydroxyl groups excluding tert-OH is 1. The molecule has 7 nitrogen and oxygen atoms in total. The molecule has 2 unspecified atom stereocenters. The van der Waals surface area contributed by atoms with Crippen LogP contribution in [0.15, 0.2) is 49.3 Å². The van der Waals surface area contributed by atoms with Crippen molar-refractivity contribution in [2.45, 2.75) is 57.7 Å². The maximum absolute atomic E-state index is 14.3. The molecule has 2 heterocycles. The molecule has 1 aliphatic carbocycles. The number of alkyl halides is 1. The van der Waals surface area contributed by atoms with Crippen LogP contribution in [0.25, 0.3) is 16.9 Å². The number of aliphatic hydroxyl groups is 1. The van der Waals surface area contributed by atoms with E-state index in [0.717, 1.165) is 30.9 Å². The smallest absolute Gasteiger partial charge is 0.257 e. The first kappa shape index (κ1) is 27.3. The molecular formula is C30H34FN3O4. The summed E-state index contributed by atoms with van der Waals surface area (Å²) in [5, 5.41) is 19.1. The van der Waals surface area contributed by atoms with Gasteiger partial charge in [0, 0.05) is 24.8 Å². The minimum atomic E-state index is -1.81. The van der Waals surface area contributed by atoms with E-state index in [4.69, 9.17) is 9.47 Å². The lowest BCUT2D eigenvalue weighted by atomic mass is 9.87. The second-order valence-electron chi connectivity index (χ2n) is 10.4. The second kappa shape index (κ2) is 11.4. The molecule has 38 heavy (non-hydrogen) atoms. The quantitative estimate of drug-likeness (QED) is 0.218. The molecule has 1 N–H and O–H groups in total. The zero-order valence-corrected chi connectivity index (χ0v) is 22.1. The van der Waals surface area contributed by atoms with Crippen molar-refractivity contribution in [3.8, 4) is 28.8 Å². The van der Waals surface area contributed by atoms with Gasteiger partial charge in [-0.25, -0.2) is 4.98 Å². The van der Waals surface area contributed by atoms with E-state index in [1.54, 1.807) is 18.3 Å². The summed E-state index contributed by atoms with van der Waals surface area (Å²) in [7, 11) is 1.46. The van der Waals surface area contributed by atoms with Gasteiger partial charge in [0.25, 0.3) is 6.36 Å². The predicted octanol–water partition coefficient (Wildman–Crippen LogP) is 6.04. The number of methoxy groups -OCH3 is 1. The Kier molecular flexibility index (Phi) is 8.17. The molecule has 0 amide bonds. The summed E-state index contributed by atoms with van der Waals surface area (Å²) in [4.78, 5) is 17.8. The van der Waals surface area contributed by atoms with Crippen LogP contribution in [0.4, 0.5) is 4.39 Å². The van der Waals surface area contributed by atoms with E-state index in [2.05, 4.69) is 17.6 Å². The second-order valence-corrected chi connectivity index (χ2v) is 10.4. The Morgan fingerprint density at radius 1 is 1.37 bits per heavy atom. The predicted molar refractivity (Wildman–Crippen MR) is 143 cm³/mol. The molecule has 1 fully saturated rings. The van der Waals surface area contributed by atoms with Gasteiger partial charge in [-0.2, -0.15) is 9.65 Å². The number of benzene rings is 1. The van der Waals surface area contributed by atoms with E-state index in [9.17, 15) is 19.6 Å². The van der Waals surface area contributed by atoms with Crippen LogP contribution in [0.1, 0.15) is 61.9 Å². The fraction of sp³-hybridized carbons (Fsp3) is 0.433. The molecule has 0 spiro atoms. The summed E-state index contributed by atoms with van der Waals surface area (Å²) < 4.78 is 27.3. The number of pyridine rings is 1. The highest BCUT2D eigenvalue weighted by Gasteiger charge is 2.31. The third-order valence-electron chi connectivity index (χ3n) is 7.30. The largest absolute Gasteiger partial charge is 0.496 e. The average molecular weight is 520 g/mol. The monoisotopic (exact) mass is 519 g/mol. The van der Waals surface area contributed by atoms with Gasteiger partial charge >= 0.3 is 0 Å². The minimum Gasteiger partial charge on any atom is -0.496 e. The number of nitriles is 1. The molecule has 1 aliphatic rings. The highest BCUT2D eigenvalue weighted by Crippen LogP contribution is 2.40. The lowest BCUT2D eigenvalue weighted by Crippen LogP contribution is -2.14. The first-order chi connectivity index (χ1) is 18.2. The van der Waals surface area contributed by atoms with E-state index in [0.29, 0.717) is 29.2 Å². The van der Waals surface area contributed by atoms with Gasteiger partial charge in [-0.3, -0.25) is 9.20 Å². The number of nitrogens with zero attached hydrogens (tertiary/aromatic N) is 3. The first-order valence-corrected chi connectivity index (χ1v) is 12.9. The standard InChI is InChI=1S/C30H34FN3O4/c1-5-27(31)38-26-14-21(23-16-33-28-15-22(11-12-34(23)28)30(2,3)18-32)13-25(37-4)29(26)24(36)8-6-7-20(17-35)19-9-10-19/h5,11-16,19-20,27,35H,1,6-10,17H2,2-4H3. The lowest BCUT2D eigenvalue weighted by molar-refractivity contribution is 0.0936. The number of ether oxygens (including phenoxy) is 2. The van der Waals surface area contributed by atoms with Crippen molar-refractivity contribution in [2.24, 2.45) is 11.8 Å². The first-order valence-electron chi connectivity index (χ1n) is 12.9. The number of hydrogen-bond acceptors (Lipinski definition) is 6. The van der Waals surface area contributed by atoms with Crippen LogP contribution < -0.4 is 9.47 Å². The molecule has 0 bridgehead atoms. The number of fused-ring (bicyclic) bond motifs is 1. The Bertz CT molecular complexity index is 1370. The Morgan fingerprint density at radius 3 is 2.74 bits per heavy atom. The fourth-order valence-corrected chi connectivity index (χ4v) is 4.78. The molecule has 0 aliphatic heterocycles.